The predicted molar refractivity (Wildman–Crippen MR) is 145 cm³/mol. The van der Waals surface area contributed by atoms with Gasteiger partial charge in [-0.05, 0) is 42.0 Å². The fourth-order valence-electron chi connectivity index (χ4n) is 3.58. The normalized spacial score (nSPS) is 11.9. The van der Waals surface area contributed by atoms with Gasteiger partial charge in [0.05, 0.1) is 17.3 Å². The molecule has 186 valence electrons. The topological polar surface area (TPSA) is 47.1 Å². The molecule has 36 heavy (non-hydrogen) atoms. The molecule has 1 atom stereocenters. The van der Waals surface area contributed by atoms with Gasteiger partial charge >= 0.3 is 0 Å². The molecule has 4 rings (SSSR count). The van der Waals surface area contributed by atoms with Gasteiger partial charge in [0.15, 0.2) is 6.54 Å². The average molecular weight is 585 g/mol. The second kappa shape index (κ2) is 12.3. The lowest BCUT2D eigenvalue weighted by Gasteiger charge is -2.19. The number of aromatic nitrogens is 2. The Bertz CT molecular complexity index is 1380. The van der Waals surface area contributed by atoms with E-state index in [4.69, 9.17) is 62.7 Å². The number of anilines is 1. The molecule has 0 bridgehead atoms. The molecule has 0 saturated carbocycles. The molecule has 0 aliphatic carbocycles. The van der Waals surface area contributed by atoms with Gasteiger partial charge in [0.25, 0.3) is 5.91 Å². The van der Waals surface area contributed by atoms with Crippen molar-refractivity contribution in [1.82, 2.24) is 4.57 Å². The van der Waals surface area contributed by atoms with Gasteiger partial charge in [-0.25, -0.2) is 9.13 Å². The van der Waals surface area contributed by atoms with Crippen LogP contribution in [0.15, 0.2) is 79.4 Å². The van der Waals surface area contributed by atoms with Gasteiger partial charge in [-0.3, -0.25) is 4.79 Å². The van der Waals surface area contributed by atoms with Crippen molar-refractivity contribution in [2.24, 2.45) is 0 Å². The molecule has 1 amide bonds. The van der Waals surface area contributed by atoms with Crippen molar-refractivity contribution in [2.45, 2.75) is 25.8 Å². The predicted octanol–water partition coefficient (Wildman–Crippen LogP) is 7.64. The van der Waals surface area contributed by atoms with Gasteiger partial charge in [0.2, 0.25) is 6.33 Å². The molecule has 0 aliphatic rings. The van der Waals surface area contributed by atoms with Gasteiger partial charge in [-0.2, -0.15) is 0 Å². The maximum Gasteiger partial charge on any atom is 0.266 e. The molecular formula is C26H21Cl5N3O2+. The lowest BCUT2D eigenvalue weighted by molar-refractivity contribution is -0.683. The van der Waals surface area contributed by atoms with Crippen LogP contribution in [0.1, 0.15) is 17.2 Å². The zero-order valence-corrected chi connectivity index (χ0v) is 22.6. The first-order chi connectivity index (χ1) is 17.3. The minimum atomic E-state index is -0.417. The third-order valence-electron chi connectivity index (χ3n) is 5.36. The summed E-state index contributed by atoms with van der Waals surface area (Å²) in [6.45, 7) is 0.804. The lowest BCUT2D eigenvalue weighted by atomic mass is 10.1. The van der Waals surface area contributed by atoms with E-state index in [1.807, 2.05) is 41.5 Å². The van der Waals surface area contributed by atoms with Gasteiger partial charge in [-0.15, -0.1) is 0 Å². The largest absolute Gasteiger partial charge is 0.365 e. The van der Waals surface area contributed by atoms with Crippen LogP contribution in [0.5, 0.6) is 0 Å². The minimum Gasteiger partial charge on any atom is -0.365 e. The number of rotatable bonds is 9. The Hall–Kier alpha value is -2.25. The van der Waals surface area contributed by atoms with Crippen LogP contribution in [0.25, 0.3) is 0 Å². The van der Waals surface area contributed by atoms with Crippen LogP contribution in [0.4, 0.5) is 5.69 Å². The number of ether oxygens (including phenoxy) is 1. The zero-order valence-electron chi connectivity index (χ0n) is 18.8. The average Bonchev–Trinajstić information content (AvgIpc) is 3.26. The van der Waals surface area contributed by atoms with E-state index in [1.54, 1.807) is 47.0 Å². The fourth-order valence-corrected chi connectivity index (χ4v) is 4.76. The summed E-state index contributed by atoms with van der Waals surface area (Å²) in [4.78, 5) is 12.5. The number of amides is 1. The first kappa shape index (κ1) is 26.8. The third-order valence-corrected chi connectivity index (χ3v) is 6.84. The number of halogens is 5. The second-order valence-electron chi connectivity index (χ2n) is 8.01. The molecule has 10 heteroatoms. The number of hydrogen-bond acceptors (Lipinski definition) is 2. The van der Waals surface area contributed by atoms with E-state index in [-0.39, 0.29) is 19.1 Å². The lowest BCUT2D eigenvalue weighted by Crippen LogP contribution is -2.38. The Morgan fingerprint density at radius 3 is 2.36 bits per heavy atom. The van der Waals surface area contributed by atoms with E-state index in [1.165, 1.54) is 0 Å². The van der Waals surface area contributed by atoms with Crippen LogP contribution >= 0.6 is 58.0 Å². The number of nitrogens with one attached hydrogen (secondary N) is 1. The first-order valence-electron chi connectivity index (χ1n) is 10.9. The number of benzene rings is 3. The molecule has 1 aromatic heterocycles. The van der Waals surface area contributed by atoms with E-state index >= 15 is 0 Å². The molecule has 0 aliphatic heterocycles. The van der Waals surface area contributed by atoms with Crippen LogP contribution in [-0.4, -0.2) is 10.5 Å². The van der Waals surface area contributed by atoms with E-state index in [0.717, 1.165) is 11.1 Å². The molecule has 3 aromatic carbocycles. The number of para-hydroxylation sites is 1. The zero-order chi connectivity index (χ0) is 25.7. The van der Waals surface area contributed by atoms with Crippen LogP contribution < -0.4 is 9.88 Å². The van der Waals surface area contributed by atoms with Crippen molar-refractivity contribution in [3.8, 4) is 0 Å². The van der Waals surface area contributed by atoms with Crippen LogP contribution in [0, 0.1) is 0 Å². The summed E-state index contributed by atoms with van der Waals surface area (Å²) in [5, 5.41) is 5.40. The number of carbonyl (C=O) groups excluding carboxylic acids is 1. The third kappa shape index (κ3) is 7.16. The molecule has 5 nitrogen and oxygen atoms in total. The maximum atomic E-state index is 12.5. The van der Waals surface area contributed by atoms with E-state index in [2.05, 4.69) is 5.32 Å². The van der Waals surface area contributed by atoms with Gasteiger partial charge in [-0.1, -0.05) is 82.3 Å². The highest BCUT2D eigenvalue weighted by Crippen LogP contribution is 2.31. The van der Waals surface area contributed by atoms with Crippen LogP contribution in [0.3, 0.4) is 0 Å². The maximum absolute atomic E-state index is 12.5. The molecule has 0 radical (unpaired) electrons. The van der Waals surface area contributed by atoms with Gasteiger partial charge in [0.1, 0.15) is 25.0 Å². The van der Waals surface area contributed by atoms with Crippen LogP contribution in [-0.2, 0) is 29.2 Å². The van der Waals surface area contributed by atoms with Gasteiger partial charge < -0.3 is 10.1 Å². The summed E-state index contributed by atoms with van der Waals surface area (Å²) in [5.41, 5.74) is 2.15. The number of imidazole rings is 1. The molecule has 0 saturated heterocycles. The van der Waals surface area contributed by atoms with Crippen molar-refractivity contribution in [1.29, 1.82) is 0 Å². The highest BCUT2D eigenvalue weighted by atomic mass is 35.5. The Balaban J connectivity index is 1.48. The standard InChI is InChI=1S/C26H20Cl5N3O2/c27-18-6-5-17(22(30)11-18)15-36-25(20-8-7-19(28)12-23(20)31)13-33-9-10-34(16-33)14-26(35)32-24-4-2-1-3-21(24)29/h1-12,16,25H,13-15H2/p+1. The highest BCUT2D eigenvalue weighted by molar-refractivity contribution is 6.35. The van der Waals surface area contributed by atoms with Gasteiger partial charge in [0, 0.05) is 25.7 Å². The molecule has 0 fully saturated rings. The molecule has 4 aromatic rings. The quantitative estimate of drug-likeness (QED) is 0.206. The summed E-state index contributed by atoms with van der Waals surface area (Å²) in [6, 6.07) is 17.6. The van der Waals surface area contributed by atoms with E-state index in [9.17, 15) is 4.79 Å². The number of carbonyl (C=O) groups is 1. The summed E-state index contributed by atoms with van der Waals surface area (Å²) in [5.74, 6) is -0.197. The van der Waals surface area contributed by atoms with E-state index < -0.39 is 6.10 Å². The van der Waals surface area contributed by atoms with Crippen molar-refractivity contribution >= 4 is 69.6 Å². The van der Waals surface area contributed by atoms with Crippen molar-refractivity contribution in [2.75, 3.05) is 5.32 Å². The van der Waals surface area contributed by atoms with Crippen molar-refractivity contribution < 1.29 is 14.1 Å². The summed E-state index contributed by atoms with van der Waals surface area (Å²) in [6.07, 6.45) is 5.07. The SMILES string of the molecule is O=C(C[n+]1ccn(CC(OCc2ccc(Cl)cc2Cl)c2ccc(Cl)cc2Cl)c1)Nc1ccccc1Cl. The Morgan fingerprint density at radius 1 is 0.917 bits per heavy atom. The fraction of sp³-hybridized carbons (Fsp3) is 0.154. The Morgan fingerprint density at radius 2 is 1.64 bits per heavy atom. The van der Waals surface area contributed by atoms with E-state index in [0.29, 0.717) is 37.3 Å². The first-order valence-corrected chi connectivity index (χ1v) is 12.8. The van der Waals surface area contributed by atoms with Crippen molar-refractivity contribution in [3.63, 3.8) is 0 Å². The number of hydrogen-bond donors (Lipinski definition) is 1. The number of nitrogens with zero attached hydrogens (tertiary/aromatic N) is 2. The second-order valence-corrected chi connectivity index (χ2v) is 10.1. The molecule has 1 heterocycles. The molecular weight excluding hydrogens is 564 g/mol. The summed E-state index contributed by atoms with van der Waals surface area (Å²) in [7, 11) is 0. The van der Waals surface area contributed by atoms with Crippen molar-refractivity contribution in [3.05, 3.63) is 116 Å². The molecule has 1 N–H and O–H groups in total. The molecule has 0 spiro atoms. The highest BCUT2D eigenvalue weighted by Gasteiger charge is 2.21. The smallest absolute Gasteiger partial charge is 0.266 e. The van der Waals surface area contributed by atoms with Crippen LogP contribution in [0.2, 0.25) is 25.1 Å². The minimum absolute atomic E-state index is 0.117. The molecule has 1 unspecified atom stereocenters. The Labute approximate surface area is 234 Å². The Kier molecular flexibility index (Phi) is 9.18. The summed E-state index contributed by atoms with van der Waals surface area (Å²) < 4.78 is 9.95. The summed E-state index contributed by atoms with van der Waals surface area (Å²) >= 11 is 31.1. The monoisotopic (exact) mass is 582 g/mol.